The molecule has 29 heavy (non-hydrogen) atoms. The number of nitrogens with zero attached hydrogens (tertiary/aromatic N) is 4. The number of hydrogen-bond acceptors (Lipinski definition) is 5. The van der Waals surface area contributed by atoms with Gasteiger partial charge in [-0.1, -0.05) is 0 Å². The Morgan fingerprint density at radius 1 is 1.34 bits per heavy atom. The van der Waals surface area contributed by atoms with Gasteiger partial charge in [0.1, 0.15) is 11.9 Å². The van der Waals surface area contributed by atoms with Crippen LogP contribution in [0.5, 0.6) is 0 Å². The number of amides is 2. The van der Waals surface area contributed by atoms with E-state index in [1.165, 1.54) is 17.9 Å². The highest BCUT2D eigenvalue weighted by Crippen LogP contribution is 2.31. The van der Waals surface area contributed by atoms with Gasteiger partial charge in [-0.2, -0.15) is 0 Å². The molecule has 4 rings (SSSR count). The van der Waals surface area contributed by atoms with Crippen LogP contribution in [0, 0.1) is 5.82 Å². The lowest BCUT2D eigenvalue weighted by molar-refractivity contribution is -0.119. The zero-order valence-electron chi connectivity index (χ0n) is 16.3. The Balaban J connectivity index is 1.39. The van der Waals surface area contributed by atoms with Gasteiger partial charge >= 0.3 is 6.09 Å². The van der Waals surface area contributed by atoms with Gasteiger partial charge in [0.2, 0.25) is 5.91 Å². The first-order valence-corrected chi connectivity index (χ1v) is 9.76. The molecule has 1 aromatic carbocycles. The minimum Gasteiger partial charge on any atom is -0.442 e. The normalized spacial score (nSPS) is 20.1. The minimum atomic E-state index is -0.534. The van der Waals surface area contributed by atoms with Crippen molar-refractivity contribution in [2.24, 2.45) is 0 Å². The summed E-state index contributed by atoms with van der Waals surface area (Å²) in [5, 5.41) is 2.63. The molecule has 9 heteroatoms. The van der Waals surface area contributed by atoms with Crippen LogP contribution < -0.4 is 15.1 Å². The average Bonchev–Trinajstić information content (AvgIpc) is 3.36. The number of aromatic nitrogens is 2. The molecule has 2 aromatic rings. The van der Waals surface area contributed by atoms with Gasteiger partial charge in [0, 0.05) is 38.4 Å². The van der Waals surface area contributed by atoms with Gasteiger partial charge < -0.3 is 19.5 Å². The predicted octanol–water partition coefficient (Wildman–Crippen LogP) is 2.32. The monoisotopic (exact) mass is 401 g/mol. The maximum absolute atomic E-state index is 14.8. The van der Waals surface area contributed by atoms with Crippen LogP contribution in [-0.2, 0) is 9.53 Å². The largest absolute Gasteiger partial charge is 0.442 e. The predicted molar refractivity (Wildman–Crippen MR) is 105 cm³/mol. The Labute approximate surface area is 168 Å². The Morgan fingerprint density at radius 2 is 2.14 bits per heavy atom. The van der Waals surface area contributed by atoms with E-state index in [1.807, 2.05) is 17.4 Å². The van der Waals surface area contributed by atoms with Gasteiger partial charge in [0.15, 0.2) is 0 Å². The number of nitrogens with one attached hydrogen (secondary N) is 1. The first kappa shape index (κ1) is 19.2. The zero-order valence-corrected chi connectivity index (χ0v) is 16.3. The van der Waals surface area contributed by atoms with Crippen molar-refractivity contribution in [1.29, 1.82) is 0 Å². The molecule has 0 saturated carbocycles. The molecule has 0 spiro atoms. The summed E-state index contributed by atoms with van der Waals surface area (Å²) in [6.45, 7) is 3.42. The lowest BCUT2D eigenvalue weighted by Gasteiger charge is -2.34. The number of rotatable bonds is 5. The van der Waals surface area contributed by atoms with Crippen LogP contribution in [0.3, 0.4) is 0 Å². The third kappa shape index (κ3) is 4.18. The number of cyclic esters (lactones) is 1. The maximum Gasteiger partial charge on any atom is 0.414 e. The molecular weight excluding hydrogens is 377 g/mol. The number of hydrogen-bond donors (Lipinski definition) is 1. The van der Waals surface area contributed by atoms with Crippen LogP contribution >= 0.6 is 0 Å². The topological polar surface area (TPSA) is 79.7 Å². The fourth-order valence-electron chi connectivity index (χ4n) is 3.91. The third-order valence-electron chi connectivity index (χ3n) is 5.45. The summed E-state index contributed by atoms with van der Waals surface area (Å²) < 4.78 is 22.2. The second-order valence-corrected chi connectivity index (χ2v) is 7.42. The highest BCUT2D eigenvalue weighted by atomic mass is 19.1. The van der Waals surface area contributed by atoms with E-state index in [2.05, 4.69) is 14.9 Å². The number of carbonyl (C=O) groups is 2. The van der Waals surface area contributed by atoms with Crippen LogP contribution in [-0.4, -0.2) is 53.8 Å². The zero-order chi connectivity index (χ0) is 20.4. The molecule has 0 aliphatic carbocycles. The number of imidazole rings is 1. The molecule has 0 radical (unpaired) electrons. The standard InChI is InChI=1S/C20H24FN5O3/c1-14(27)23-11-17-12-26(20(28)29-17)16-2-3-19(18(21)10-16)24-7-4-15(5-8-24)25-9-6-22-13-25/h2-3,6,9-10,13,15,17H,4-5,7-8,11-12H2,1H3,(H,23,27). The SMILES string of the molecule is CC(=O)NCC1CN(c2ccc(N3CCC(n4ccnc4)CC3)c(F)c2)C(=O)O1. The third-order valence-corrected chi connectivity index (χ3v) is 5.45. The summed E-state index contributed by atoms with van der Waals surface area (Å²) in [5.74, 6) is -0.548. The van der Waals surface area contributed by atoms with E-state index < -0.39 is 12.2 Å². The van der Waals surface area contributed by atoms with Crippen molar-refractivity contribution in [3.05, 3.63) is 42.7 Å². The molecule has 1 atom stereocenters. The summed E-state index contributed by atoms with van der Waals surface area (Å²) in [4.78, 5) is 30.7. The van der Waals surface area contributed by atoms with Crippen LogP contribution in [0.25, 0.3) is 0 Å². The molecule has 3 heterocycles. The van der Waals surface area contributed by atoms with E-state index in [1.54, 1.807) is 18.3 Å². The molecule has 8 nitrogen and oxygen atoms in total. The second-order valence-electron chi connectivity index (χ2n) is 7.42. The van der Waals surface area contributed by atoms with Crippen molar-refractivity contribution in [1.82, 2.24) is 14.9 Å². The molecule has 1 N–H and O–H groups in total. The molecule has 2 fully saturated rings. The smallest absolute Gasteiger partial charge is 0.414 e. The molecule has 2 aliphatic heterocycles. The highest BCUT2D eigenvalue weighted by Gasteiger charge is 2.33. The fraction of sp³-hybridized carbons (Fsp3) is 0.450. The van der Waals surface area contributed by atoms with Gasteiger partial charge in [-0.25, -0.2) is 14.2 Å². The van der Waals surface area contributed by atoms with Gasteiger partial charge in [-0.15, -0.1) is 0 Å². The number of carbonyl (C=O) groups excluding carboxylic acids is 2. The summed E-state index contributed by atoms with van der Waals surface area (Å²) in [7, 11) is 0. The van der Waals surface area contributed by atoms with Crippen molar-refractivity contribution in [3.63, 3.8) is 0 Å². The van der Waals surface area contributed by atoms with Crippen molar-refractivity contribution >= 4 is 23.4 Å². The van der Waals surface area contributed by atoms with Gasteiger partial charge in [-0.05, 0) is 31.0 Å². The van der Waals surface area contributed by atoms with E-state index in [9.17, 15) is 14.0 Å². The molecular formula is C20H24FN5O3. The quantitative estimate of drug-likeness (QED) is 0.832. The number of piperidine rings is 1. The van der Waals surface area contributed by atoms with Gasteiger partial charge in [0.25, 0.3) is 0 Å². The summed E-state index contributed by atoms with van der Waals surface area (Å²) in [6.07, 6.45) is 6.41. The summed E-state index contributed by atoms with van der Waals surface area (Å²) >= 11 is 0. The lowest BCUT2D eigenvalue weighted by atomic mass is 10.0. The van der Waals surface area contributed by atoms with E-state index in [0.29, 0.717) is 17.4 Å². The number of benzene rings is 1. The van der Waals surface area contributed by atoms with Crippen molar-refractivity contribution in [3.8, 4) is 0 Å². The highest BCUT2D eigenvalue weighted by molar-refractivity contribution is 5.90. The van der Waals surface area contributed by atoms with E-state index in [-0.39, 0.29) is 24.8 Å². The Hall–Kier alpha value is -3.10. The maximum atomic E-state index is 14.8. The summed E-state index contributed by atoms with van der Waals surface area (Å²) in [5.41, 5.74) is 0.995. The molecule has 1 aromatic heterocycles. The fourth-order valence-corrected chi connectivity index (χ4v) is 3.91. The Bertz CT molecular complexity index is 880. The molecule has 2 saturated heterocycles. The molecule has 154 valence electrons. The minimum absolute atomic E-state index is 0.188. The molecule has 2 aliphatic rings. The molecule has 2 amide bonds. The van der Waals surface area contributed by atoms with Crippen LogP contribution in [0.4, 0.5) is 20.6 Å². The van der Waals surface area contributed by atoms with Crippen LogP contribution in [0.2, 0.25) is 0 Å². The van der Waals surface area contributed by atoms with Crippen molar-refractivity contribution in [2.75, 3.05) is 36.0 Å². The molecule has 0 bridgehead atoms. The number of anilines is 2. The van der Waals surface area contributed by atoms with Crippen molar-refractivity contribution in [2.45, 2.75) is 31.9 Å². The van der Waals surface area contributed by atoms with Gasteiger partial charge in [-0.3, -0.25) is 9.69 Å². The first-order valence-electron chi connectivity index (χ1n) is 9.76. The lowest BCUT2D eigenvalue weighted by Crippen LogP contribution is -2.35. The summed E-state index contributed by atoms with van der Waals surface area (Å²) in [6, 6.07) is 5.22. The van der Waals surface area contributed by atoms with Crippen LogP contribution in [0.1, 0.15) is 25.8 Å². The first-order chi connectivity index (χ1) is 14.0. The van der Waals surface area contributed by atoms with Crippen molar-refractivity contribution < 1.29 is 18.7 Å². The Kier molecular flexibility index (Phi) is 5.37. The van der Waals surface area contributed by atoms with E-state index >= 15 is 0 Å². The van der Waals surface area contributed by atoms with E-state index in [0.717, 1.165) is 25.9 Å². The number of halogens is 1. The average molecular weight is 401 g/mol. The second kappa shape index (κ2) is 8.10. The Morgan fingerprint density at radius 3 is 2.79 bits per heavy atom. The van der Waals surface area contributed by atoms with Gasteiger partial charge in [0.05, 0.1) is 30.8 Å². The van der Waals surface area contributed by atoms with Crippen LogP contribution in [0.15, 0.2) is 36.9 Å². The van der Waals surface area contributed by atoms with E-state index in [4.69, 9.17) is 4.74 Å². The number of ether oxygens (including phenoxy) is 1. The molecule has 1 unspecified atom stereocenters.